The van der Waals surface area contributed by atoms with Gasteiger partial charge in [0.1, 0.15) is 4.90 Å². The number of rotatable bonds is 4. The molecule has 1 N–H and O–H groups in total. The van der Waals surface area contributed by atoms with Crippen molar-refractivity contribution in [2.45, 2.75) is 30.8 Å². The van der Waals surface area contributed by atoms with Gasteiger partial charge in [-0.3, -0.25) is 4.72 Å². The highest BCUT2D eigenvalue weighted by Crippen LogP contribution is 2.29. The number of hydrogen-bond donors (Lipinski definition) is 1. The van der Waals surface area contributed by atoms with Gasteiger partial charge in [0.15, 0.2) is 11.5 Å². The number of alkyl halides is 3. The zero-order chi connectivity index (χ0) is 20.0. The lowest BCUT2D eigenvalue weighted by molar-refractivity contribution is -0.146. The van der Waals surface area contributed by atoms with Gasteiger partial charge >= 0.3 is 6.18 Å². The number of aromatic nitrogens is 4. The van der Waals surface area contributed by atoms with Gasteiger partial charge in [-0.05, 0) is 35.7 Å². The van der Waals surface area contributed by atoms with Gasteiger partial charge in [0.05, 0.1) is 5.02 Å². The van der Waals surface area contributed by atoms with Crippen molar-refractivity contribution in [3.05, 3.63) is 46.7 Å². The molecule has 7 nitrogen and oxygen atoms in total. The molecule has 0 radical (unpaired) electrons. The van der Waals surface area contributed by atoms with Gasteiger partial charge in [0, 0.05) is 0 Å². The molecule has 0 amide bonds. The average molecular weight is 420 g/mol. The molecule has 0 saturated heterocycles. The van der Waals surface area contributed by atoms with Crippen LogP contribution in [-0.2, 0) is 16.2 Å². The zero-order valence-electron chi connectivity index (χ0n) is 14.0. The van der Waals surface area contributed by atoms with Crippen LogP contribution in [-0.4, -0.2) is 28.2 Å². The molecule has 144 valence electrons. The van der Waals surface area contributed by atoms with Crippen LogP contribution >= 0.6 is 11.6 Å². The molecule has 3 aromatic rings. The topological polar surface area (TPSA) is 89.2 Å². The number of benzene rings is 1. The maximum atomic E-state index is 12.9. The van der Waals surface area contributed by atoms with Crippen molar-refractivity contribution in [1.82, 2.24) is 19.8 Å². The summed E-state index contributed by atoms with van der Waals surface area (Å²) in [7, 11) is -4.18. The Bertz CT molecular complexity index is 1110. The van der Waals surface area contributed by atoms with Crippen LogP contribution in [0.3, 0.4) is 0 Å². The number of sulfonamides is 1. The number of halogens is 4. The molecule has 0 aliphatic rings. The molecule has 2 heterocycles. The van der Waals surface area contributed by atoms with Gasteiger partial charge in [0.25, 0.3) is 15.8 Å². The minimum atomic E-state index is -4.79. The van der Waals surface area contributed by atoms with E-state index in [1.54, 1.807) is 6.07 Å². The van der Waals surface area contributed by atoms with E-state index in [2.05, 4.69) is 20.0 Å². The maximum absolute atomic E-state index is 12.9. The van der Waals surface area contributed by atoms with Gasteiger partial charge < -0.3 is 0 Å². The second-order valence-electron chi connectivity index (χ2n) is 5.96. The summed E-state index contributed by atoms with van der Waals surface area (Å²) in [6.45, 7) is 3.76. The van der Waals surface area contributed by atoms with Crippen LogP contribution in [0.2, 0.25) is 5.02 Å². The summed E-state index contributed by atoms with van der Waals surface area (Å²) < 4.78 is 66.7. The number of fused-ring (bicyclic) bond motifs is 1. The van der Waals surface area contributed by atoms with Crippen molar-refractivity contribution < 1.29 is 21.6 Å². The quantitative estimate of drug-likeness (QED) is 0.696. The first-order valence-corrected chi connectivity index (χ1v) is 9.47. The van der Waals surface area contributed by atoms with Crippen molar-refractivity contribution in [2.75, 3.05) is 4.72 Å². The summed E-state index contributed by atoms with van der Waals surface area (Å²) in [5.41, 5.74) is 0.562. The van der Waals surface area contributed by atoms with E-state index in [1.165, 1.54) is 24.3 Å². The summed E-state index contributed by atoms with van der Waals surface area (Å²) in [5.74, 6) is -1.64. The summed E-state index contributed by atoms with van der Waals surface area (Å²) in [5, 5.41) is 10.0. The first kappa shape index (κ1) is 19.4. The van der Waals surface area contributed by atoms with Crippen molar-refractivity contribution in [3.8, 4) is 0 Å². The monoisotopic (exact) mass is 419 g/mol. The van der Waals surface area contributed by atoms with Gasteiger partial charge in [-0.2, -0.15) is 17.7 Å². The second kappa shape index (κ2) is 6.64. The van der Waals surface area contributed by atoms with Crippen LogP contribution in [0.5, 0.6) is 0 Å². The third-order valence-electron chi connectivity index (χ3n) is 3.67. The fraction of sp³-hybridized carbons (Fsp3) is 0.267. The van der Waals surface area contributed by atoms with E-state index < -0.39 is 22.0 Å². The minimum Gasteiger partial charge on any atom is -0.262 e. The minimum absolute atomic E-state index is 0.0201. The fourth-order valence-electron chi connectivity index (χ4n) is 2.30. The van der Waals surface area contributed by atoms with E-state index in [-0.39, 0.29) is 27.3 Å². The van der Waals surface area contributed by atoms with Gasteiger partial charge in [-0.15, -0.1) is 15.3 Å². The van der Waals surface area contributed by atoms with E-state index >= 15 is 0 Å². The smallest absolute Gasteiger partial charge is 0.262 e. The molecule has 27 heavy (non-hydrogen) atoms. The molecular formula is C15H13ClF3N5O2S. The first-order chi connectivity index (χ1) is 12.5. The largest absolute Gasteiger partial charge is 0.453 e. The fourth-order valence-corrected chi connectivity index (χ4v) is 3.83. The predicted molar refractivity (Wildman–Crippen MR) is 92.1 cm³/mol. The molecule has 0 fully saturated rings. The summed E-state index contributed by atoms with van der Waals surface area (Å²) in [6, 6.07) is 6.90. The van der Waals surface area contributed by atoms with Crippen LogP contribution < -0.4 is 4.72 Å². The van der Waals surface area contributed by atoms with Crippen LogP contribution in [0.25, 0.3) is 5.65 Å². The Morgan fingerprint density at radius 2 is 1.85 bits per heavy atom. The Morgan fingerprint density at radius 3 is 2.48 bits per heavy atom. The van der Waals surface area contributed by atoms with Crippen molar-refractivity contribution in [1.29, 1.82) is 0 Å². The van der Waals surface area contributed by atoms with Gasteiger partial charge in [0.2, 0.25) is 0 Å². The molecule has 0 atom stereocenters. The lowest BCUT2D eigenvalue weighted by atomic mass is 10.0. The van der Waals surface area contributed by atoms with Crippen LogP contribution in [0.1, 0.15) is 31.2 Å². The molecule has 0 spiro atoms. The highest BCUT2D eigenvalue weighted by atomic mass is 35.5. The molecule has 2 aromatic heterocycles. The Morgan fingerprint density at radius 1 is 1.15 bits per heavy atom. The highest BCUT2D eigenvalue weighted by Gasteiger charge is 2.37. The molecule has 12 heteroatoms. The number of hydrogen-bond acceptors (Lipinski definition) is 5. The molecule has 0 bridgehead atoms. The maximum Gasteiger partial charge on any atom is 0.453 e. The molecule has 0 aliphatic heterocycles. The molecule has 0 saturated carbocycles. The third kappa shape index (κ3) is 3.83. The Labute approximate surface area is 157 Å². The summed E-state index contributed by atoms with van der Waals surface area (Å²) >= 11 is 6.00. The summed E-state index contributed by atoms with van der Waals surface area (Å²) in [6.07, 6.45) is -4.79. The summed E-state index contributed by atoms with van der Waals surface area (Å²) in [4.78, 5) is -0.197. The van der Waals surface area contributed by atoms with Gasteiger partial charge in [-0.1, -0.05) is 31.5 Å². The SMILES string of the molecule is CC(C)c1ccc(Cl)c(S(=O)(=O)Nc2ccc3nnc(C(F)(F)F)n3n2)c1. The van der Waals surface area contributed by atoms with Crippen molar-refractivity contribution in [3.63, 3.8) is 0 Å². The van der Waals surface area contributed by atoms with E-state index in [0.29, 0.717) is 4.52 Å². The Hall–Kier alpha value is -2.40. The number of nitrogens with one attached hydrogen (secondary N) is 1. The Balaban J connectivity index is 2.03. The zero-order valence-corrected chi connectivity index (χ0v) is 15.6. The van der Waals surface area contributed by atoms with E-state index in [0.717, 1.165) is 5.56 Å². The molecular weight excluding hydrogens is 407 g/mol. The number of nitrogens with zero attached hydrogens (tertiary/aromatic N) is 4. The number of anilines is 1. The predicted octanol–water partition coefficient (Wildman–Crippen LogP) is 3.72. The standard InChI is InChI=1S/C15H13ClF3N5O2S/c1-8(2)9-3-4-10(16)11(7-9)27(25,26)23-12-5-6-13-20-21-14(15(17,18)19)24(13)22-12/h3-8H,1-2H3,(H,22,23). The average Bonchev–Trinajstić information content (AvgIpc) is 2.97. The lowest BCUT2D eigenvalue weighted by Gasteiger charge is -2.12. The van der Waals surface area contributed by atoms with E-state index in [1.807, 2.05) is 13.8 Å². The molecule has 1 aromatic carbocycles. The van der Waals surface area contributed by atoms with Gasteiger partial charge in [-0.25, -0.2) is 8.42 Å². The highest BCUT2D eigenvalue weighted by molar-refractivity contribution is 7.92. The van der Waals surface area contributed by atoms with Crippen LogP contribution in [0, 0.1) is 0 Å². The van der Waals surface area contributed by atoms with E-state index in [9.17, 15) is 21.6 Å². The normalized spacial score (nSPS) is 12.7. The van der Waals surface area contributed by atoms with Crippen LogP contribution in [0.4, 0.5) is 19.0 Å². The van der Waals surface area contributed by atoms with Crippen molar-refractivity contribution in [2.24, 2.45) is 0 Å². The molecule has 0 aliphatic carbocycles. The second-order valence-corrected chi connectivity index (χ2v) is 8.02. The lowest BCUT2D eigenvalue weighted by Crippen LogP contribution is -2.17. The third-order valence-corrected chi connectivity index (χ3v) is 5.50. The van der Waals surface area contributed by atoms with Crippen LogP contribution in [0.15, 0.2) is 35.2 Å². The van der Waals surface area contributed by atoms with E-state index in [4.69, 9.17) is 11.6 Å². The van der Waals surface area contributed by atoms with Crippen molar-refractivity contribution >= 4 is 33.1 Å². The Kier molecular flexibility index (Phi) is 4.76. The first-order valence-electron chi connectivity index (χ1n) is 7.61. The molecule has 0 unspecified atom stereocenters. The molecule has 3 rings (SSSR count).